The highest BCUT2D eigenvalue weighted by atomic mass is 35.5. The van der Waals surface area contributed by atoms with E-state index in [2.05, 4.69) is 0 Å². The summed E-state index contributed by atoms with van der Waals surface area (Å²) in [6, 6.07) is 14.5. The molecule has 2 aromatic carbocycles. The number of benzene rings is 2. The van der Waals surface area contributed by atoms with Crippen molar-refractivity contribution in [3.8, 4) is 0 Å². The third-order valence-corrected chi connectivity index (χ3v) is 10.3. The van der Waals surface area contributed by atoms with Gasteiger partial charge in [-0.25, -0.2) is 9.59 Å². The number of hydrogen-bond donors (Lipinski definition) is 0. The highest BCUT2D eigenvalue weighted by Gasteiger charge is 2.39. The minimum Gasteiger partial charge on any atom is -0.466 e. The van der Waals surface area contributed by atoms with Crippen LogP contribution in [0.5, 0.6) is 0 Å². The van der Waals surface area contributed by atoms with Crippen molar-refractivity contribution in [2.75, 3.05) is 40.5 Å². The molecule has 2 fully saturated rings. The Bertz CT molecular complexity index is 1510. The molecule has 2 amide bonds. The van der Waals surface area contributed by atoms with E-state index in [1.165, 1.54) is 14.2 Å². The van der Waals surface area contributed by atoms with E-state index in [9.17, 15) is 19.2 Å². The molecule has 6 rings (SSSR count). The minimum absolute atomic E-state index is 0.000558. The monoisotopic (exact) mass is 726 g/mol. The number of esters is 2. The molecular formula is C38H44Cl2N2O8. The predicted octanol–water partition coefficient (Wildman–Crippen LogP) is 6.56. The van der Waals surface area contributed by atoms with Gasteiger partial charge in [-0.15, -0.1) is 0 Å². The molecule has 0 unspecified atom stereocenters. The van der Waals surface area contributed by atoms with Gasteiger partial charge in [0.2, 0.25) is 11.8 Å². The highest BCUT2D eigenvalue weighted by molar-refractivity contribution is 6.30. The van der Waals surface area contributed by atoms with Crippen LogP contribution in [0.4, 0.5) is 0 Å². The third-order valence-electron chi connectivity index (χ3n) is 9.82. The summed E-state index contributed by atoms with van der Waals surface area (Å²) >= 11 is 11.9. The molecule has 4 atom stereocenters. The first kappa shape index (κ1) is 37.6. The Morgan fingerprint density at radius 2 is 1.04 bits per heavy atom. The standard InChI is InChI=1S/2C19H22ClNO4/c2*1-12-18(19(23)24-2)16(13-5-7-14(20)8-6-13)10-17(22)21(12)11-15-4-3-9-25-15/h2*5-8,15-16H,3-4,9-11H2,1-2H3/t2*15-,16+/m10/s1. The van der Waals surface area contributed by atoms with Crippen molar-refractivity contribution in [2.45, 2.75) is 76.4 Å². The van der Waals surface area contributed by atoms with Crippen LogP contribution in [0.1, 0.15) is 75.3 Å². The summed E-state index contributed by atoms with van der Waals surface area (Å²) in [4.78, 5) is 53.7. The summed E-state index contributed by atoms with van der Waals surface area (Å²) in [5, 5.41) is 1.23. The molecule has 268 valence electrons. The molecule has 2 saturated heterocycles. The minimum atomic E-state index is -0.401. The molecule has 0 radical (unpaired) electrons. The lowest BCUT2D eigenvalue weighted by molar-refractivity contribution is -0.139. The summed E-state index contributed by atoms with van der Waals surface area (Å²) in [6.07, 6.45) is 4.41. The Balaban J connectivity index is 0.000000194. The van der Waals surface area contributed by atoms with Gasteiger partial charge in [0.15, 0.2) is 0 Å². The van der Waals surface area contributed by atoms with Gasteiger partial charge in [0, 0.05) is 59.3 Å². The average Bonchev–Trinajstić information content (AvgIpc) is 3.83. The zero-order valence-electron chi connectivity index (χ0n) is 28.9. The molecule has 10 nitrogen and oxygen atoms in total. The van der Waals surface area contributed by atoms with Crippen molar-refractivity contribution >= 4 is 47.0 Å². The Morgan fingerprint density at radius 1 is 0.680 bits per heavy atom. The van der Waals surface area contributed by atoms with Gasteiger partial charge in [-0.2, -0.15) is 0 Å². The molecule has 4 aliphatic heterocycles. The van der Waals surface area contributed by atoms with Crippen LogP contribution in [0.25, 0.3) is 0 Å². The molecule has 0 spiro atoms. The van der Waals surface area contributed by atoms with Gasteiger partial charge in [-0.05, 0) is 74.9 Å². The van der Waals surface area contributed by atoms with Gasteiger partial charge in [0.25, 0.3) is 0 Å². The van der Waals surface area contributed by atoms with Gasteiger partial charge < -0.3 is 28.7 Å². The summed E-state index contributed by atoms with van der Waals surface area (Å²) in [5.41, 5.74) is 4.13. The first-order chi connectivity index (χ1) is 24.0. The van der Waals surface area contributed by atoms with Crippen LogP contribution in [0.15, 0.2) is 71.1 Å². The molecule has 50 heavy (non-hydrogen) atoms. The van der Waals surface area contributed by atoms with Gasteiger partial charge in [-0.3, -0.25) is 9.59 Å². The van der Waals surface area contributed by atoms with E-state index in [1.807, 2.05) is 24.3 Å². The zero-order valence-corrected chi connectivity index (χ0v) is 30.4. The highest BCUT2D eigenvalue weighted by Crippen LogP contribution is 2.39. The fourth-order valence-electron chi connectivity index (χ4n) is 7.16. The van der Waals surface area contributed by atoms with Crippen LogP contribution in [0.2, 0.25) is 10.0 Å². The largest absolute Gasteiger partial charge is 0.466 e. The second-order valence-corrected chi connectivity index (χ2v) is 13.7. The van der Waals surface area contributed by atoms with Crippen molar-refractivity contribution in [1.82, 2.24) is 9.80 Å². The van der Waals surface area contributed by atoms with E-state index < -0.39 is 11.9 Å². The lowest BCUT2D eigenvalue weighted by Gasteiger charge is -2.35. The van der Waals surface area contributed by atoms with Gasteiger partial charge >= 0.3 is 11.9 Å². The smallest absolute Gasteiger partial charge is 0.336 e. The van der Waals surface area contributed by atoms with Crippen LogP contribution in [0, 0.1) is 0 Å². The fourth-order valence-corrected chi connectivity index (χ4v) is 7.42. The molecule has 0 N–H and O–H groups in total. The Morgan fingerprint density at radius 3 is 1.34 bits per heavy atom. The normalized spacial score (nSPS) is 24.0. The maximum absolute atomic E-state index is 12.8. The number of methoxy groups -OCH3 is 2. The second-order valence-electron chi connectivity index (χ2n) is 12.9. The molecule has 4 heterocycles. The molecule has 0 aliphatic carbocycles. The first-order valence-electron chi connectivity index (χ1n) is 16.9. The van der Waals surface area contributed by atoms with Gasteiger partial charge in [-0.1, -0.05) is 47.5 Å². The van der Waals surface area contributed by atoms with Crippen LogP contribution < -0.4 is 0 Å². The Hall–Kier alpha value is -3.70. The van der Waals surface area contributed by atoms with Gasteiger partial charge in [0.1, 0.15) is 0 Å². The molecule has 0 bridgehead atoms. The zero-order chi connectivity index (χ0) is 35.9. The number of hydrogen-bond acceptors (Lipinski definition) is 8. The lowest BCUT2D eigenvalue weighted by atomic mass is 9.83. The molecule has 12 heteroatoms. The van der Waals surface area contributed by atoms with E-state index in [-0.39, 0.29) is 48.7 Å². The third kappa shape index (κ3) is 8.60. The van der Waals surface area contributed by atoms with Crippen molar-refractivity contribution in [2.24, 2.45) is 0 Å². The topological polar surface area (TPSA) is 112 Å². The Kier molecular flexibility index (Phi) is 12.8. The number of nitrogens with zero attached hydrogens (tertiary/aromatic N) is 2. The maximum Gasteiger partial charge on any atom is 0.336 e. The van der Waals surface area contributed by atoms with Crippen LogP contribution in [-0.2, 0) is 38.1 Å². The number of amides is 2. The van der Waals surface area contributed by atoms with E-state index in [0.29, 0.717) is 45.7 Å². The molecular weight excluding hydrogens is 683 g/mol. The maximum atomic E-state index is 12.8. The first-order valence-corrected chi connectivity index (χ1v) is 17.7. The van der Waals surface area contributed by atoms with Crippen LogP contribution in [-0.4, -0.2) is 86.3 Å². The molecule has 2 aromatic rings. The molecule has 4 aliphatic rings. The number of carbonyl (C=O) groups excluding carboxylic acids is 4. The van der Waals surface area contributed by atoms with Crippen molar-refractivity contribution < 1.29 is 38.1 Å². The summed E-state index contributed by atoms with van der Waals surface area (Å²) in [6.45, 7) is 6.04. The number of rotatable bonds is 8. The number of carbonyl (C=O) groups is 4. The van der Waals surface area contributed by atoms with Crippen molar-refractivity contribution in [1.29, 1.82) is 0 Å². The van der Waals surface area contributed by atoms with Gasteiger partial charge in [0.05, 0.1) is 50.7 Å². The molecule has 0 saturated carbocycles. The van der Waals surface area contributed by atoms with E-state index >= 15 is 0 Å². The number of ether oxygens (including phenoxy) is 4. The average molecular weight is 728 g/mol. The molecule has 0 aromatic heterocycles. The Labute approximate surface area is 303 Å². The van der Waals surface area contributed by atoms with Crippen LogP contribution >= 0.6 is 23.2 Å². The van der Waals surface area contributed by atoms with E-state index in [4.69, 9.17) is 42.1 Å². The lowest BCUT2D eigenvalue weighted by Crippen LogP contribution is -2.42. The number of halogens is 2. The number of allylic oxidation sites excluding steroid dienone is 2. The van der Waals surface area contributed by atoms with Crippen LogP contribution in [0.3, 0.4) is 0 Å². The van der Waals surface area contributed by atoms with Crippen molar-refractivity contribution in [3.05, 3.63) is 92.2 Å². The van der Waals surface area contributed by atoms with E-state index in [1.54, 1.807) is 47.9 Å². The van der Waals surface area contributed by atoms with Crippen molar-refractivity contribution in [3.63, 3.8) is 0 Å². The predicted molar refractivity (Wildman–Crippen MR) is 188 cm³/mol. The van der Waals surface area contributed by atoms with E-state index in [0.717, 1.165) is 50.0 Å². The fraction of sp³-hybridized carbons (Fsp3) is 0.474. The summed E-state index contributed by atoms with van der Waals surface area (Å²) in [5.74, 6) is -1.44. The SMILES string of the molecule is COC(=O)C1=C(C)N(C[C@@H]2CCCO2)C(=O)C[C@@H]1c1ccc(Cl)cc1.COC(=O)C1=C(C)N(C[C@H]2CCCO2)C(=O)C[C@H]1c1ccc(Cl)cc1. The summed E-state index contributed by atoms with van der Waals surface area (Å²) < 4.78 is 21.3. The summed E-state index contributed by atoms with van der Waals surface area (Å²) in [7, 11) is 2.73. The quantitative estimate of drug-likeness (QED) is 0.281. The second kappa shape index (κ2) is 17.0.